The van der Waals surface area contributed by atoms with Gasteiger partial charge in [0.1, 0.15) is 6.10 Å². The summed E-state index contributed by atoms with van der Waals surface area (Å²) in [6.45, 7) is 7.03. The molecular formula is C24H34N4O6. The maximum Gasteiger partial charge on any atom is 0.410 e. The third kappa shape index (κ3) is 6.94. The van der Waals surface area contributed by atoms with Crippen LogP contribution in [-0.4, -0.2) is 65.2 Å². The highest BCUT2D eigenvalue weighted by molar-refractivity contribution is 5.68. The molecule has 1 aliphatic heterocycles. The van der Waals surface area contributed by atoms with Gasteiger partial charge in [-0.2, -0.15) is 0 Å². The van der Waals surface area contributed by atoms with Crippen LogP contribution in [0.3, 0.4) is 0 Å². The molecule has 0 unspecified atom stereocenters. The number of ether oxygens (including phenoxy) is 3. The van der Waals surface area contributed by atoms with E-state index in [4.69, 9.17) is 19.5 Å². The summed E-state index contributed by atoms with van der Waals surface area (Å²) in [6, 6.07) is 5.65. The number of nitrogens with one attached hydrogen (secondary N) is 1. The molecule has 10 nitrogen and oxygen atoms in total. The number of nitrogens with zero attached hydrogens (tertiary/aromatic N) is 3. The van der Waals surface area contributed by atoms with Gasteiger partial charge in [-0.15, -0.1) is 0 Å². The van der Waals surface area contributed by atoms with Crippen molar-refractivity contribution >= 4 is 17.6 Å². The molecule has 0 radical (unpaired) electrons. The zero-order valence-electron chi connectivity index (χ0n) is 20.2. The van der Waals surface area contributed by atoms with Gasteiger partial charge in [0.15, 0.2) is 11.6 Å². The van der Waals surface area contributed by atoms with Crippen LogP contribution in [-0.2, 0) is 16.0 Å². The normalized spacial score (nSPS) is 14.2. The lowest BCUT2D eigenvalue weighted by Gasteiger charge is -2.32. The van der Waals surface area contributed by atoms with Gasteiger partial charge in [-0.05, 0) is 45.7 Å². The molecule has 2 N–H and O–H groups in total. The van der Waals surface area contributed by atoms with Gasteiger partial charge in [0.25, 0.3) is 0 Å². The van der Waals surface area contributed by atoms with E-state index >= 15 is 0 Å². The molecule has 1 saturated heterocycles. The zero-order valence-corrected chi connectivity index (χ0v) is 20.2. The van der Waals surface area contributed by atoms with Gasteiger partial charge < -0.3 is 24.4 Å². The van der Waals surface area contributed by atoms with Crippen LogP contribution in [0.1, 0.15) is 44.5 Å². The molecule has 1 amide bonds. The number of methoxy groups -OCH3 is 1. The highest BCUT2D eigenvalue weighted by atomic mass is 17.1. The summed E-state index contributed by atoms with van der Waals surface area (Å²) >= 11 is 0. The monoisotopic (exact) mass is 474 g/mol. The molecule has 34 heavy (non-hydrogen) atoms. The second-order valence-corrected chi connectivity index (χ2v) is 8.43. The fourth-order valence-corrected chi connectivity index (χ4v) is 3.75. The summed E-state index contributed by atoms with van der Waals surface area (Å²) in [5, 5.41) is 11.8. The molecular weight excluding hydrogens is 440 g/mol. The molecule has 1 fully saturated rings. The first-order valence-corrected chi connectivity index (χ1v) is 11.6. The molecule has 0 aromatic carbocycles. The molecule has 1 aliphatic rings. The molecule has 3 heterocycles. The van der Waals surface area contributed by atoms with E-state index in [0.29, 0.717) is 56.1 Å². The second-order valence-electron chi connectivity index (χ2n) is 8.43. The Kier molecular flexibility index (Phi) is 9.29. The molecule has 10 heteroatoms. The summed E-state index contributed by atoms with van der Waals surface area (Å²) in [5.74, 6) is 1.63. The molecule has 0 spiro atoms. The molecule has 0 aliphatic carbocycles. The van der Waals surface area contributed by atoms with Crippen molar-refractivity contribution in [1.29, 1.82) is 0 Å². The molecule has 0 saturated carbocycles. The average molecular weight is 475 g/mol. The first-order chi connectivity index (χ1) is 16.4. The van der Waals surface area contributed by atoms with E-state index in [-0.39, 0.29) is 24.9 Å². The molecule has 3 rings (SSSR count). The Labute approximate surface area is 200 Å². The van der Waals surface area contributed by atoms with Crippen molar-refractivity contribution in [3.8, 4) is 11.5 Å². The fourth-order valence-electron chi connectivity index (χ4n) is 3.75. The van der Waals surface area contributed by atoms with Gasteiger partial charge >= 0.3 is 6.09 Å². The van der Waals surface area contributed by atoms with Crippen LogP contribution < -0.4 is 14.8 Å². The summed E-state index contributed by atoms with van der Waals surface area (Å²) in [7, 11) is 1.58. The summed E-state index contributed by atoms with van der Waals surface area (Å²) < 4.78 is 17.1. The molecule has 0 bridgehead atoms. The van der Waals surface area contributed by atoms with Gasteiger partial charge in [0, 0.05) is 43.9 Å². The van der Waals surface area contributed by atoms with E-state index in [2.05, 4.69) is 20.2 Å². The topological polar surface area (TPSA) is 115 Å². The average Bonchev–Trinajstić information content (AvgIpc) is 2.81. The lowest BCUT2D eigenvalue weighted by atomic mass is 10.1. The molecule has 186 valence electrons. The van der Waals surface area contributed by atoms with E-state index in [1.165, 1.54) is 0 Å². The number of hydrogen-bond acceptors (Lipinski definition) is 9. The number of aromatic nitrogens is 2. The van der Waals surface area contributed by atoms with Crippen LogP contribution in [0.2, 0.25) is 0 Å². The number of rotatable bonds is 10. The predicted octanol–water partition coefficient (Wildman–Crippen LogP) is 4.35. The lowest BCUT2D eigenvalue weighted by Crippen LogP contribution is -2.42. The molecule has 2 aromatic rings. The Morgan fingerprint density at radius 3 is 2.68 bits per heavy atom. The standard InChI is InChI=1S/C24H34N4O6/c1-16(2)33-24(29)28-13-10-19(11-14-28)34-21-9-12-25-23(22(21)31-4)27-20-8-7-18(26-17(20)3)6-5-15-32-30/h7-9,12,16,19,30H,5-6,10-11,13-15H2,1-4H3,(H,25,27). The van der Waals surface area contributed by atoms with E-state index in [1.807, 2.05) is 32.9 Å². The SMILES string of the molecule is COc1c(OC2CCN(C(=O)OC(C)C)CC2)ccnc1Nc1ccc(CCCOO)nc1C. The van der Waals surface area contributed by atoms with Crippen molar-refractivity contribution < 1.29 is 29.1 Å². The third-order valence-corrected chi connectivity index (χ3v) is 5.47. The van der Waals surface area contributed by atoms with E-state index in [0.717, 1.165) is 17.1 Å². The number of piperidine rings is 1. The minimum absolute atomic E-state index is 0.0437. The van der Waals surface area contributed by atoms with Gasteiger partial charge in [-0.25, -0.2) is 14.7 Å². The third-order valence-electron chi connectivity index (χ3n) is 5.47. The maximum atomic E-state index is 12.1. The van der Waals surface area contributed by atoms with Crippen LogP contribution in [0.15, 0.2) is 24.4 Å². The van der Waals surface area contributed by atoms with E-state index in [9.17, 15) is 4.79 Å². The predicted molar refractivity (Wildman–Crippen MR) is 127 cm³/mol. The fraction of sp³-hybridized carbons (Fsp3) is 0.542. The minimum atomic E-state index is -0.279. The number of carbonyl (C=O) groups excluding carboxylic acids is 1. The number of anilines is 2. The van der Waals surface area contributed by atoms with Gasteiger partial charge in [-0.3, -0.25) is 10.2 Å². The van der Waals surface area contributed by atoms with Crippen molar-refractivity contribution in [1.82, 2.24) is 14.9 Å². The largest absolute Gasteiger partial charge is 0.490 e. The lowest BCUT2D eigenvalue weighted by molar-refractivity contribution is -0.242. The zero-order chi connectivity index (χ0) is 24.5. The second kappa shape index (κ2) is 12.4. The quantitative estimate of drug-likeness (QED) is 0.295. The van der Waals surface area contributed by atoms with Crippen molar-refractivity contribution in [2.45, 2.75) is 58.7 Å². The van der Waals surface area contributed by atoms with Gasteiger partial charge in [-0.1, -0.05) is 0 Å². The molecule has 2 aromatic heterocycles. The van der Waals surface area contributed by atoms with Crippen LogP contribution in [0.5, 0.6) is 11.5 Å². The van der Waals surface area contributed by atoms with E-state index < -0.39 is 0 Å². The van der Waals surface area contributed by atoms with E-state index in [1.54, 1.807) is 24.3 Å². The number of likely N-dealkylation sites (tertiary alicyclic amines) is 1. The Morgan fingerprint density at radius 1 is 1.26 bits per heavy atom. The van der Waals surface area contributed by atoms with Crippen LogP contribution in [0, 0.1) is 6.92 Å². The van der Waals surface area contributed by atoms with Gasteiger partial charge in [0.2, 0.25) is 5.75 Å². The van der Waals surface area contributed by atoms with Crippen molar-refractivity contribution in [2.75, 3.05) is 32.1 Å². The first kappa shape index (κ1) is 25.5. The van der Waals surface area contributed by atoms with Crippen LogP contribution >= 0.6 is 0 Å². The Hall–Kier alpha value is -3.11. The highest BCUT2D eigenvalue weighted by Gasteiger charge is 2.26. The number of pyridine rings is 2. The van der Waals surface area contributed by atoms with Crippen molar-refractivity contribution in [3.63, 3.8) is 0 Å². The highest BCUT2D eigenvalue weighted by Crippen LogP contribution is 2.36. The first-order valence-electron chi connectivity index (χ1n) is 11.6. The Morgan fingerprint density at radius 2 is 2.03 bits per heavy atom. The smallest absolute Gasteiger partial charge is 0.410 e. The number of amides is 1. The van der Waals surface area contributed by atoms with Gasteiger partial charge in [0.05, 0.1) is 31.2 Å². The maximum absolute atomic E-state index is 12.1. The van der Waals surface area contributed by atoms with Crippen molar-refractivity contribution in [3.05, 3.63) is 35.8 Å². The summed E-state index contributed by atoms with van der Waals surface area (Å²) in [5.41, 5.74) is 2.54. The number of carbonyl (C=O) groups is 1. The van der Waals surface area contributed by atoms with Crippen LogP contribution in [0.25, 0.3) is 0 Å². The van der Waals surface area contributed by atoms with Crippen LogP contribution in [0.4, 0.5) is 16.3 Å². The Balaban J connectivity index is 1.64. The summed E-state index contributed by atoms with van der Waals surface area (Å²) in [4.78, 5) is 27.0. The molecule has 0 atom stereocenters. The minimum Gasteiger partial charge on any atom is -0.490 e. The summed E-state index contributed by atoms with van der Waals surface area (Å²) in [6.07, 6.45) is 4.01. The Bertz CT molecular complexity index is 947. The number of hydrogen-bond donors (Lipinski definition) is 2. The number of aryl methyl sites for hydroxylation is 2. The van der Waals surface area contributed by atoms with Crippen molar-refractivity contribution in [2.24, 2.45) is 0 Å².